The standard InChI is InChI=1S/C16H23NO8/c1-8(18)22-13-5-12-16(25-11(4)21)15(24-10(3)20)7-17(12)6-14(13)23-9(2)19/h12-16H,5-7H2,1-4H3/t12-,13-,14-,15-,16+/m0/s1. The van der Waals surface area contributed by atoms with Gasteiger partial charge in [-0.3, -0.25) is 24.1 Å². The molecule has 5 atom stereocenters. The van der Waals surface area contributed by atoms with E-state index in [0.29, 0.717) is 13.0 Å². The summed E-state index contributed by atoms with van der Waals surface area (Å²) in [6.45, 7) is 5.75. The molecule has 0 amide bonds. The first kappa shape index (κ1) is 19.2. The van der Waals surface area contributed by atoms with Crippen LogP contribution in [0.5, 0.6) is 0 Å². The van der Waals surface area contributed by atoms with Gasteiger partial charge in [0.2, 0.25) is 0 Å². The smallest absolute Gasteiger partial charge is 0.303 e. The van der Waals surface area contributed by atoms with Gasteiger partial charge in [0, 0.05) is 47.2 Å². The predicted molar refractivity (Wildman–Crippen MR) is 82.2 cm³/mol. The summed E-state index contributed by atoms with van der Waals surface area (Å²) in [4.78, 5) is 47.4. The highest BCUT2D eigenvalue weighted by atomic mass is 16.6. The molecule has 0 aromatic carbocycles. The van der Waals surface area contributed by atoms with Gasteiger partial charge in [-0.05, 0) is 0 Å². The molecule has 140 valence electrons. The van der Waals surface area contributed by atoms with Crippen molar-refractivity contribution in [3.05, 3.63) is 0 Å². The molecule has 0 aliphatic carbocycles. The minimum atomic E-state index is -0.669. The molecule has 2 aliphatic rings. The molecule has 0 aromatic heterocycles. The fraction of sp³-hybridized carbons (Fsp3) is 0.750. The Morgan fingerprint density at radius 3 is 1.64 bits per heavy atom. The lowest BCUT2D eigenvalue weighted by Crippen LogP contribution is -2.55. The Morgan fingerprint density at radius 1 is 0.680 bits per heavy atom. The molecule has 0 bridgehead atoms. The van der Waals surface area contributed by atoms with Crippen molar-refractivity contribution in [2.24, 2.45) is 0 Å². The number of rotatable bonds is 4. The minimum absolute atomic E-state index is 0.289. The summed E-state index contributed by atoms with van der Waals surface area (Å²) in [5, 5.41) is 0. The van der Waals surface area contributed by atoms with Gasteiger partial charge in [0.05, 0.1) is 6.04 Å². The van der Waals surface area contributed by atoms with Crippen LogP contribution >= 0.6 is 0 Å². The fourth-order valence-electron chi connectivity index (χ4n) is 3.48. The van der Waals surface area contributed by atoms with E-state index >= 15 is 0 Å². The minimum Gasteiger partial charge on any atom is -0.458 e. The van der Waals surface area contributed by atoms with Crippen molar-refractivity contribution < 1.29 is 38.1 Å². The second-order valence-electron chi connectivity index (χ2n) is 6.27. The topological polar surface area (TPSA) is 108 Å². The molecule has 0 spiro atoms. The van der Waals surface area contributed by atoms with Crippen molar-refractivity contribution in [3.63, 3.8) is 0 Å². The van der Waals surface area contributed by atoms with Crippen molar-refractivity contribution in [3.8, 4) is 0 Å². The fourth-order valence-corrected chi connectivity index (χ4v) is 3.48. The lowest BCUT2D eigenvalue weighted by Gasteiger charge is -2.40. The zero-order chi connectivity index (χ0) is 18.7. The van der Waals surface area contributed by atoms with Crippen LogP contribution in [0.25, 0.3) is 0 Å². The first-order valence-corrected chi connectivity index (χ1v) is 8.10. The highest BCUT2D eigenvalue weighted by molar-refractivity contribution is 5.68. The summed E-state index contributed by atoms with van der Waals surface area (Å²) in [7, 11) is 0. The average Bonchev–Trinajstić information content (AvgIpc) is 2.74. The van der Waals surface area contributed by atoms with Crippen molar-refractivity contribution in [2.75, 3.05) is 13.1 Å². The molecule has 9 nitrogen and oxygen atoms in total. The summed E-state index contributed by atoms with van der Waals surface area (Å²) in [6, 6.07) is -0.301. The summed E-state index contributed by atoms with van der Waals surface area (Å²) < 4.78 is 21.2. The Kier molecular flexibility index (Phi) is 5.99. The third-order valence-corrected chi connectivity index (χ3v) is 4.19. The van der Waals surface area contributed by atoms with Crippen LogP contribution in [0, 0.1) is 0 Å². The number of esters is 4. The Morgan fingerprint density at radius 2 is 1.12 bits per heavy atom. The molecule has 2 rings (SSSR count). The number of carbonyl (C=O) groups excluding carboxylic acids is 4. The first-order valence-electron chi connectivity index (χ1n) is 8.10. The lowest BCUT2D eigenvalue weighted by molar-refractivity contribution is -0.177. The van der Waals surface area contributed by atoms with Crippen LogP contribution in [0.3, 0.4) is 0 Å². The highest BCUT2D eigenvalue weighted by Gasteiger charge is 2.52. The van der Waals surface area contributed by atoms with E-state index < -0.39 is 48.3 Å². The van der Waals surface area contributed by atoms with Gasteiger partial charge in [-0.25, -0.2) is 0 Å². The Bertz CT molecular complexity index is 548. The number of fused-ring (bicyclic) bond motifs is 1. The van der Waals surface area contributed by atoms with Crippen LogP contribution in [-0.4, -0.2) is 72.3 Å². The van der Waals surface area contributed by atoms with Gasteiger partial charge in [0.1, 0.15) is 6.10 Å². The molecule has 2 fully saturated rings. The van der Waals surface area contributed by atoms with E-state index in [0.717, 1.165) is 0 Å². The van der Waals surface area contributed by atoms with Gasteiger partial charge in [-0.1, -0.05) is 0 Å². The average molecular weight is 357 g/mol. The van der Waals surface area contributed by atoms with Gasteiger partial charge in [0.15, 0.2) is 18.3 Å². The quantitative estimate of drug-likeness (QED) is 0.499. The second kappa shape index (κ2) is 7.81. The summed E-state index contributed by atoms with van der Waals surface area (Å²) >= 11 is 0. The number of nitrogens with zero attached hydrogens (tertiary/aromatic N) is 1. The van der Waals surface area contributed by atoms with E-state index in [1.165, 1.54) is 27.7 Å². The maximum atomic E-state index is 11.4. The molecule has 2 saturated heterocycles. The number of hydrogen-bond acceptors (Lipinski definition) is 9. The molecule has 25 heavy (non-hydrogen) atoms. The third kappa shape index (κ3) is 4.91. The zero-order valence-electron chi connectivity index (χ0n) is 14.7. The van der Waals surface area contributed by atoms with E-state index in [2.05, 4.69) is 0 Å². The lowest BCUT2D eigenvalue weighted by atomic mass is 9.95. The largest absolute Gasteiger partial charge is 0.458 e. The van der Waals surface area contributed by atoms with Crippen molar-refractivity contribution in [1.82, 2.24) is 4.90 Å². The molecular weight excluding hydrogens is 334 g/mol. The van der Waals surface area contributed by atoms with Crippen LogP contribution in [0.2, 0.25) is 0 Å². The number of hydrogen-bond donors (Lipinski definition) is 0. The van der Waals surface area contributed by atoms with Gasteiger partial charge < -0.3 is 18.9 Å². The molecule has 2 aliphatic heterocycles. The maximum absolute atomic E-state index is 11.4. The zero-order valence-corrected chi connectivity index (χ0v) is 14.7. The first-order chi connectivity index (χ1) is 11.7. The van der Waals surface area contributed by atoms with Crippen molar-refractivity contribution in [2.45, 2.75) is 64.6 Å². The maximum Gasteiger partial charge on any atom is 0.303 e. The van der Waals surface area contributed by atoms with Crippen LogP contribution in [0.4, 0.5) is 0 Å². The summed E-state index contributed by atoms with van der Waals surface area (Å²) in [5.41, 5.74) is 0. The van der Waals surface area contributed by atoms with E-state index in [1.54, 1.807) is 0 Å². The normalized spacial score (nSPS) is 31.6. The van der Waals surface area contributed by atoms with E-state index in [9.17, 15) is 19.2 Å². The number of ether oxygens (including phenoxy) is 4. The van der Waals surface area contributed by atoms with Crippen molar-refractivity contribution >= 4 is 23.9 Å². The Hall–Kier alpha value is -2.16. The monoisotopic (exact) mass is 357 g/mol. The van der Waals surface area contributed by atoms with Gasteiger partial charge >= 0.3 is 23.9 Å². The predicted octanol–water partition coefficient (Wildman–Crippen LogP) is -0.199. The van der Waals surface area contributed by atoms with Crippen LogP contribution in [0.1, 0.15) is 34.1 Å². The molecule has 2 heterocycles. The van der Waals surface area contributed by atoms with Crippen molar-refractivity contribution in [1.29, 1.82) is 0 Å². The molecule has 0 unspecified atom stereocenters. The highest BCUT2D eigenvalue weighted by Crippen LogP contribution is 2.33. The molecule has 0 N–H and O–H groups in total. The number of carbonyl (C=O) groups is 4. The molecule has 0 radical (unpaired) electrons. The Labute approximate surface area is 145 Å². The molecule has 0 aromatic rings. The number of piperidine rings is 1. The summed E-state index contributed by atoms with van der Waals surface area (Å²) in [6.07, 6.45) is -2.28. The van der Waals surface area contributed by atoms with E-state index in [-0.39, 0.29) is 12.6 Å². The SMILES string of the molecule is CC(=O)O[C@H]1[C@@H](OC(C)=O)CN2C[C@H](OC(C)=O)[C@@H](OC(C)=O)C[C@@H]12. The van der Waals surface area contributed by atoms with E-state index in [4.69, 9.17) is 18.9 Å². The molecule has 0 saturated carbocycles. The molecule has 9 heteroatoms. The second-order valence-corrected chi connectivity index (χ2v) is 6.27. The van der Waals surface area contributed by atoms with Gasteiger partial charge in [-0.2, -0.15) is 0 Å². The third-order valence-electron chi connectivity index (χ3n) is 4.19. The van der Waals surface area contributed by atoms with Crippen LogP contribution in [0.15, 0.2) is 0 Å². The summed E-state index contributed by atoms with van der Waals surface area (Å²) in [5.74, 6) is -1.94. The van der Waals surface area contributed by atoms with Crippen LogP contribution in [-0.2, 0) is 38.1 Å². The van der Waals surface area contributed by atoms with Crippen LogP contribution < -0.4 is 0 Å². The van der Waals surface area contributed by atoms with E-state index in [1.807, 2.05) is 4.90 Å². The van der Waals surface area contributed by atoms with Gasteiger partial charge in [-0.15, -0.1) is 0 Å². The molecular formula is C16H23NO8. The Balaban J connectivity index is 2.21. The van der Waals surface area contributed by atoms with Gasteiger partial charge in [0.25, 0.3) is 0 Å².